The molecule has 1 aromatic rings. The van der Waals surface area contributed by atoms with Crippen LogP contribution >= 0.6 is 0 Å². The van der Waals surface area contributed by atoms with E-state index in [1.807, 2.05) is 13.0 Å². The van der Waals surface area contributed by atoms with E-state index in [4.69, 9.17) is 5.73 Å². The maximum atomic E-state index is 10.9. The zero-order valence-corrected chi connectivity index (χ0v) is 9.00. The SMILES string of the molecule is CNC(=O)CCNc1ncc(C)cc1N. The third-order valence-corrected chi connectivity index (χ3v) is 1.98. The third kappa shape index (κ3) is 3.46. The largest absolute Gasteiger partial charge is 0.396 e. The Morgan fingerprint density at radius 2 is 2.33 bits per heavy atom. The van der Waals surface area contributed by atoms with Gasteiger partial charge in [0.2, 0.25) is 5.91 Å². The van der Waals surface area contributed by atoms with Crippen LogP contribution in [0.3, 0.4) is 0 Å². The number of pyridine rings is 1. The molecule has 82 valence electrons. The number of amides is 1. The highest BCUT2D eigenvalue weighted by molar-refractivity contribution is 5.76. The van der Waals surface area contributed by atoms with Crippen molar-refractivity contribution < 1.29 is 4.79 Å². The first kappa shape index (κ1) is 11.3. The topological polar surface area (TPSA) is 80.0 Å². The highest BCUT2D eigenvalue weighted by Crippen LogP contribution is 2.15. The second-order valence-electron chi connectivity index (χ2n) is 3.30. The molecule has 0 aliphatic rings. The lowest BCUT2D eigenvalue weighted by Gasteiger charge is -2.07. The smallest absolute Gasteiger partial charge is 0.221 e. The van der Waals surface area contributed by atoms with E-state index >= 15 is 0 Å². The lowest BCUT2D eigenvalue weighted by Crippen LogP contribution is -2.21. The number of carbonyl (C=O) groups excluding carboxylic acids is 1. The van der Waals surface area contributed by atoms with Crippen LogP contribution in [-0.4, -0.2) is 24.5 Å². The molecule has 0 saturated carbocycles. The summed E-state index contributed by atoms with van der Waals surface area (Å²) >= 11 is 0. The van der Waals surface area contributed by atoms with Crippen molar-refractivity contribution in [3.8, 4) is 0 Å². The van der Waals surface area contributed by atoms with Crippen molar-refractivity contribution >= 4 is 17.4 Å². The van der Waals surface area contributed by atoms with E-state index in [9.17, 15) is 4.79 Å². The summed E-state index contributed by atoms with van der Waals surface area (Å²) < 4.78 is 0. The van der Waals surface area contributed by atoms with Crippen LogP contribution in [0.4, 0.5) is 11.5 Å². The molecule has 0 radical (unpaired) electrons. The van der Waals surface area contributed by atoms with Gasteiger partial charge >= 0.3 is 0 Å². The molecule has 0 saturated heterocycles. The number of nitrogens with two attached hydrogens (primary N) is 1. The van der Waals surface area contributed by atoms with Gasteiger partial charge in [0.05, 0.1) is 5.69 Å². The van der Waals surface area contributed by atoms with Crippen LogP contribution in [0.15, 0.2) is 12.3 Å². The van der Waals surface area contributed by atoms with Crippen LogP contribution in [-0.2, 0) is 4.79 Å². The quantitative estimate of drug-likeness (QED) is 0.674. The summed E-state index contributed by atoms with van der Waals surface area (Å²) in [6, 6.07) is 1.84. The third-order valence-electron chi connectivity index (χ3n) is 1.98. The van der Waals surface area contributed by atoms with E-state index in [2.05, 4.69) is 15.6 Å². The van der Waals surface area contributed by atoms with Gasteiger partial charge in [-0.2, -0.15) is 0 Å². The molecule has 0 aliphatic carbocycles. The first-order chi connectivity index (χ1) is 7.13. The molecule has 0 aliphatic heterocycles. The molecule has 5 nitrogen and oxygen atoms in total. The monoisotopic (exact) mass is 208 g/mol. The van der Waals surface area contributed by atoms with Crippen molar-refractivity contribution in [1.29, 1.82) is 0 Å². The fourth-order valence-corrected chi connectivity index (χ4v) is 1.16. The Kier molecular flexibility index (Phi) is 3.91. The van der Waals surface area contributed by atoms with E-state index in [0.29, 0.717) is 24.5 Å². The Labute approximate surface area is 89.1 Å². The molecule has 0 bridgehead atoms. The number of hydrogen-bond acceptors (Lipinski definition) is 4. The van der Waals surface area contributed by atoms with Crippen molar-refractivity contribution in [3.05, 3.63) is 17.8 Å². The Morgan fingerprint density at radius 1 is 1.60 bits per heavy atom. The van der Waals surface area contributed by atoms with E-state index in [-0.39, 0.29) is 5.91 Å². The van der Waals surface area contributed by atoms with Crippen LogP contribution in [0, 0.1) is 6.92 Å². The van der Waals surface area contributed by atoms with Gasteiger partial charge in [0.25, 0.3) is 0 Å². The van der Waals surface area contributed by atoms with Crippen LogP contribution in [0.5, 0.6) is 0 Å². The molecule has 1 rings (SSSR count). The number of rotatable bonds is 4. The van der Waals surface area contributed by atoms with Gasteiger partial charge in [-0.25, -0.2) is 4.98 Å². The molecule has 0 spiro atoms. The number of nitrogen functional groups attached to an aromatic ring is 1. The van der Waals surface area contributed by atoms with Crippen molar-refractivity contribution in [2.75, 3.05) is 24.6 Å². The summed E-state index contributed by atoms with van der Waals surface area (Å²) in [7, 11) is 1.61. The number of carbonyl (C=O) groups is 1. The predicted octanol–water partition coefficient (Wildman–Crippen LogP) is 0.520. The fraction of sp³-hybridized carbons (Fsp3) is 0.400. The fourth-order valence-electron chi connectivity index (χ4n) is 1.16. The number of hydrogen-bond donors (Lipinski definition) is 3. The second-order valence-corrected chi connectivity index (χ2v) is 3.30. The zero-order chi connectivity index (χ0) is 11.3. The summed E-state index contributed by atoms with van der Waals surface area (Å²) in [4.78, 5) is 15.1. The molecule has 1 aromatic heterocycles. The second kappa shape index (κ2) is 5.19. The molecular formula is C10H16N4O. The van der Waals surface area contributed by atoms with E-state index in [1.165, 1.54) is 0 Å². The number of anilines is 2. The Bertz CT molecular complexity index is 351. The normalized spacial score (nSPS) is 9.73. The summed E-state index contributed by atoms with van der Waals surface area (Å²) in [6.45, 7) is 2.46. The molecular weight excluding hydrogens is 192 g/mol. The maximum Gasteiger partial charge on any atom is 0.221 e. The Hall–Kier alpha value is -1.78. The molecule has 0 fully saturated rings. The zero-order valence-electron chi connectivity index (χ0n) is 9.00. The van der Waals surface area contributed by atoms with Crippen LogP contribution in [0.2, 0.25) is 0 Å². The van der Waals surface area contributed by atoms with Gasteiger partial charge in [-0.3, -0.25) is 4.79 Å². The molecule has 0 unspecified atom stereocenters. The van der Waals surface area contributed by atoms with E-state index in [0.717, 1.165) is 5.56 Å². The van der Waals surface area contributed by atoms with Gasteiger partial charge in [0.15, 0.2) is 0 Å². The highest BCUT2D eigenvalue weighted by atomic mass is 16.1. The molecule has 5 heteroatoms. The lowest BCUT2D eigenvalue weighted by molar-refractivity contribution is -0.120. The van der Waals surface area contributed by atoms with Gasteiger partial charge in [-0.1, -0.05) is 0 Å². The van der Waals surface area contributed by atoms with Crippen molar-refractivity contribution in [2.45, 2.75) is 13.3 Å². The van der Waals surface area contributed by atoms with Crippen LogP contribution in [0.1, 0.15) is 12.0 Å². The first-order valence-corrected chi connectivity index (χ1v) is 4.80. The van der Waals surface area contributed by atoms with Gasteiger partial charge in [0.1, 0.15) is 5.82 Å². The summed E-state index contributed by atoms with van der Waals surface area (Å²) in [6.07, 6.45) is 2.14. The number of aromatic nitrogens is 1. The minimum atomic E-state index is -0.00631. The molecule has 15 heavy (non-hydrogen) atoms. The van der Waals surface area contributed by atoms with Gasteiger partial charge in [0, 0.05) is 26.2 Å². The summed E-state index contributed by atoms with van der Waals surface area (Å²) in [5.74, 6) is 0.623. The van der Waals surface area contributed by atoms with Gasteiger partial charge in [-0.05, 0) is 18.6 Å². The lowest BCUT2D eigenvalue weighted by atomic mass is 10.3. The maximum absolute atomic E-state index is 10.9. The Balaban J connectivity index is 2.47. The molecule has 4 N–H and O–H groups in total. The predicted molar refractivity (Wildman–Crippen MR) is 60.6 cm³/mol. The highest BCUT2D eigenvalue weighted by Gasteiger charge is 2.01. The van der Waals surface area contributed by atoms with Crippen molar-refractivity contribution in [2.24, 2.45) is 0 Å². The molecule has 0 aromatic carbocycles. The molecule has 1 heterocycles. The summed E-state index contributed by atoms with van der Waals surface area (Å²) in [5, 5.41) is 5.55. The molecule has 1 amide bonds. The number of nitrogens with one attached hydrogen (secondary N) is 2. The van der Waals surface area contributed by atoms with Crippen molar-refractivity contribution in [3.63, 3.8) is 0 Å². The number of aryl methyl sites for hydroxylation is 1. The van der Waals surface area contributed by atoms with E-state index in [1.54, 1.807) is 13.2 Å². The van der Waals surface area contributed by atoms with Crippen molar-refractivity contribution in [1.82, 2.24) is 10.3 Å². The van der Waals surface area contributed by atoms with E-state index < -0.39 is 0 Å². The first-order valence-electron chi connectivity index (χ1n) is 4.80. The average Bonchev–Trinajstić information content (AvgIpc) is 2.21. The Morgan fingerprint density at radius 3 is 2.93 bits per heavy atom. The minimum Gasteiger partial charge on any atom is -0.396 e. The standard InChI is InChI=1S/C10H16N4O/c1-7-5-8(11)10(14-6-7)13-4-3-9(15)12-2/h5-6H,3-4,11H2,1-2H3,(H,12,15)(H,13,14). The van der Waals surface area contributed by atoms with Crippen LogP contribution in [0.25, 0.3) is 0 Å². The molecule has 0 atom stereocenters. The van der Waals surface area contributed by atoms with Crippen LogP contribution < -0.4 is 16.4 Å². The minimum absolute atomic E-state index is 0.00631. The number of nitrogens with zero attached hydrogens (tertiary/aromatic N) is 1. The average molecular weight is 208 g/mol. The summed E-state index contributed by atoms with van der Waals surface area (Å²) in [5.41, 5.74) is 7.37. The van der Waals surface area contributed by atoms with Gasteiger partial charge in [-0.15, -0.1) is 0 Å². The van der Waals surface area contributed by atoms with Gasteiger partial charge < -0.3 is 16.4 Å².